The van der Waals surface area contributed by atoms with Gasteiger partial charge in [-0.05, 0) is 52.1 Å². The molecule has 2 atom stereocenters. The molecule has 1 heterocycles. The smallest absolute Gasteiger partial charge is 0.334 e. The molecule has 0 radical (unpaired) electrons. The minimum atomic E-state index is -1.68. The molecule has 18 heavy (non-hydrogen) atoms. The summed E-state index contributed by atoms with van der Waals surface area (Å²) in [5.41, 5.74) is 0. The predicted molar refractivity (Wildman–Crippen MR) is 76.6 cm³/mol. The Bertz CT molecular complexity index is 293. The fourth-order valence-electron chi connectivity index (χ4n) is 1.75. The van der Waals surface area contributed by atoms with E-state index < -0.39 is 16.6 Å². The Kier molecular flexibility index (Phi) is 5.17. The van der Waals surface area contributed by atoms with Crippen molar-refractivity contribution in [1.82, 2.24) is 0 Å². The molecule has 6 heteroatoms. The fourth-order valence-corrected chi connectivity index (χ4v) is 3.50. The molecule has 0 aromatic carbocycles. The first kappa shape index (κ1) is 15.9. The van der Waals surface area contributed by atoms with Crippen LogP contribution < -0.4 is 0 Å². The number of carbonyl (C=O) groups excluding carboxylic acids is 1. The molecule has 0 N–H and O–H groups in total. The molecular weight excluding hydrogens is 264 g/mol. The lowest BCUT2D eigenvalue weighted by Gasteiger charge is -2.32. The molecule has 1 saturated heterocycles. The maximum atomic E-state index is 11.8. The van der Waals surface area contributed by atoms with Crippen LogP contribution in [0, 0.1) is 0 Å². The van der Waals surface area contributed by atoms with Gasteiger partial charge in [0.2, 0.25) is 0 Å². The SMILES string of the molecule is C[Si](C)(C)OCC1CC[C@H](O[Si](C)(C)C)C(=O)O1. The lowest BCUT2D eigenvalue weighted by molar-refractivity contribution is -0.167. The highest BCUT2D eigenvalue weighted by atomic mass is 28.4. The van der Waals surface area contributed by atoms with E-state index in [1.165, 1.54) is 0 Å². The van der Waals surface area contributed by atoms with E-state index in [2.05, 4.69) is 39.3 Å². The Morgan fingerprint density at radius 3 is 2.17 bits per heavy atom. The molecular formula is C12H26O4Si2. The third-order valence-electron chi connectivity index (χ3n) is 2.49. The van der Waals surface area contributed by atoms with Crippen molar-refractivity contribution in [3.05, 3.63) is 0 Å². The van der Waals surface area contributed by atoms with Crippen LogP contribution in [0.2, 0.25) is 39.3 Å². The highest BCUT2D eigenvalue weighted by molar-refractivity contribution is 6.70. The van der Waals surface area contributed by atoms with Gasteiger partial charge in [-0.3, -0.25) is 0 Å². The van der Waals surface area contributed by atoms with Crippen molar-refractivity contribution in [2.45, 2.75) is 64.3 Å². The first-order valence-electron chi connectivity index (χ1n) is 6.59. The van der Waals surface area contributed by atoms with E-state index in [0.717, 1.165) is 12.8 Å². The second kappa shape index (κ2) is 5.85. The fraction of sp³-hybridized carbons (Fsp3) is 0.917. The number of hydrogen-bond acceptors (Lipinski definition) is 4. The molecule has 4 nitrogen and oxygen atoms in total. The van der Waals surface area contributed by atoms with Gasteiger partial charge in [-0.25, -0.2) is 4.79 Å². The van der Waals surface area contributed by atoms with Gasteiger partial charge in [0.1, 0.15) is 12.2 Å². The van der Waals surface area contributed by atoms with Crippen LogP contribution in [0.25, 0.3) is 0 Å². The van der Waals surface area contributed by atoms with Crippen LogP contribution in [0.3, 0.4) is 0 Å². The van der Waals surface area contributed by atoms with Crippen molar-refractivity contribution in [3.63, 3.8) is 0 Å². The zero-order valence-corrected chi connectivity index (χ0v) is 14.4. The van der Waals surface area contributed by atoms with E-state index in [9.17, 15) is 4.79 Å². The quantitative estimate of drug-likeness (QED) is 0.577. The Morgan fingerprint density at radius 2 is 1.72 bits per heavy atom. The summed E-state index contributed by atoms with van der Waals surface area (Å²) in [6.07, 6.45) is 1.14. The highest BCUT2D eigenvalue weighted by Gasteiger charge is 2.34. The zero-order valence-electron chi connectivity index (χ0n) is 12.4. The van der Waals surface area contributed by atoms with Gasteiger partial charge in [-0.15, -0.1) is 0 Å². The molecule has 0 bridgehead atoms. The molecule has 0 saturated carbocycles. The molecule has 0 amide bonds. The van der Waals surface area contributed by atoms with Crippen molar-refractivity contribution < 1.29 is 18.4 Å². The average Bonchev–Trinajstić information content (AvgIpc) is 2.15. The maximum Gasteiger partial charge on any atom is 0.334 e. The van der Waals surface area contributed by atoms with E-state index >= 15 is 0 Å². The summed E-state index contributed by atoms with van der Waals surface area (Å²) in [7, 11) is -3.22. The monoisotopic (exact) mass is 290 g/mol. The summed E-state index contributed by atoms with van der Waals surface area (Å²) in [5, 5.41) is 0. The van der Waals surface area contributed by atoms with E-state index in [0.29, 0.717) is 6.61 Å². The minimum absolute atomic E-state index is 0.0919. The van der Waals surface area contributed by atoms with Crippen molar-refractivity contribution in [3.8, 4) is 0 Å². The molecule has 1 unspecified atom stereocenters. The summed E-state index contributed by atoms with van der Waals surface area (Å²) in [6.45, 7) is 13.2. The number of ether oxygens (including phenoxy) is 1. The summed E-state index contributed by atoms with van der Waals surface area (Å²) in [6, 6.07) is 0. The van der Waals surface area contributed by atoms with Crippen molar-refractivity contribution in [1.29, 1.82) is 0 Å². The number of rotatable bonds is 5. The normalized spacial score (nSPS) is 26.0. The number of cyclic esters (lactones) is 1. The largest absolute Gasteiger partial charge is 0.458 e. The Hall–Kier alpha value is -0.176. The van der Waals surface area contributed by atoms with Gasteiger partial charge >= 0.3 is 5.97 Å². The molecule has 106 valence electrons. The predicted octanol–water partition coefficient (Wildman–Crippen LogP) is 2.76. The lowest BCUT2D eigenvalue weighted by Crippen LogP contribution is -2.44. The standard InChI is InChI=1S/C12H26O4Si2/c1-17(2,3)14-9-10-7-8-11(12(13)15-10)16-18(4,5)6/h10-11H,7-9H2,1-6H3/t10?,11-/m0/s1. The van der Waals surface area contributed by atoms with E-state index in [-0.39, 0.29) is 18.2 Å². The Balaban J connectivity index is 2.39. The number of carbonyl (C=O) groups is 1. The van der Waals surface area contributed by atoms with E-state index in [1.807, 2.05) is 0 Å². The second-order valence-corrected chi connectivity index (χ2v) is 15.8. The maximum absolute atomic E-state index is 11.8. The van der Waals surface area contributed by atoms with Crippen LogP contribution in [0.4, 0.5) is 0 Å². The van der Waals surface area contributed by atoms with Crippen LogP contribution in [-0.4, -0.2) is 41.4 Å². The molecule has 0 aliphatic carbocycles. The molecule has 1 rings (SSSR count). The van der Waals surface area contributed by atoms with Gasteiger partial charge in [0.05, 0.1) is 6.61 Å². The lowest BCUT2D eigenvalue weighted by atomic mass is 10.1. The van der Waals surface area contributed by atoms with Crippen molar-refractivity contribution in [2.75, 3.05) is 6.61 Å². The van der Waals surface area contributed by atoms with Gasteiger partial charge in [-0.1, -0.05) is 0 Å². The van der Waals surface area contributed by atoms with Gasteiger partial charge in [0.15, 0.2) is 16.6 Å². The summed E-state index contributed by atoms with van der Waals surface area (Å²) in [5.74, 6) is -0.215. The molecule has 0 aromatic heterocycles. The highest BCUT2D eigenvalue weighted by Crippen LogP contribution is 2.21. The minimum Gasteiger partial charge on any atom is -0.458 e. The Morgan fingerprint density at radius 1 is 1.11 bits per heavy atom. The second-order valence-electron chi connectivity index (χ2n) is 6.78. The molecule has 0 aromatic rings. The topological polar surface area (TPSA) is 44.8 Å². The van der Waals surface area contributed by atoms with Crippen LogP contribution in [0.5, 0.6) is 0 Å². The molecule has 1 aliphatic heterocycles. The third kappa shape index (κ3) is 6.13. The first-order chi connectivity index (χ1) is 8.07. The average molecular weight is 291 g/mol. The van der Waals surface area contributed by atoms with Gasteiger partial charge < -0.3 is 13.6 Å². The summed E-state index contributed by atoms with van der Waals surface area (Å²) < 4.78 is 17.0. The van der Waals surface area contributed by atoms with Crippen LogP contribution in [0.1, 0.15) is 12.8 Å². The van der Waals surface area contributed by atoms with Gasteiger partial charge in [0, 0.05) is 0 Å². The van der Waals surface area contributed by atoms with Crippen LogP contribution in [-0.2, 0) is 18.4 Å². The third-order valence-corrected chi connectivity index (χ3v) is 4.52. The van der Waals surface area contributed by atoms with Gasteiger partial charge in [0.25, 0.3) is 0 Å². The molecule has 1 fully saturated rings. The molecule has 1 aliphatic rings. The first-order valence-corrected chi connectivity index (χ1v) is 13.4. The Labute approximate surface area is 112 Å². The van der Waals surface area contributed by atoms with Crippen molar-refractivity contribution >= 4 is 22.6 Å². The summed E-state index contributed by atoms with van der Waals surface area (Å²) >= 11 is 0. The van der Waals surface area contributed by atoms with E-state index in [1.54, 1.807) is 0 Å². The van der Waals surface area contributed by atoms with Crippen LogP contribution in [0.15, 0.2) is 0 Å². The molecule has 0 spiro atoms. The van der Waals surface area contributed by atoms with Gasteiger partial charge in [-0.2, -0.15) is 0 Å². The van der Waals surface area contributed by atoms with E-state index in [4.69, 9.17) is 13.6 Å². The zero-order chi connectivity index (χ0) is 14.0. The number of hydrogen-bond donors (Lipinski definition) is 0. The summed E-state index contributed by atoms with van der Waals surface area (Å²) in [4.78, 5) is 11.8. The number of esters is 1. The van der Waals surface area contributed by atoms with Crippen LogP contribution >= 0.6 is 0 Å². The van der Waals surface area contributed by atoms with Crippen molar-refractivity contribution in [2.24, 2.45) is 0 Å².